The van der Waals surface area contributed by atoms with Gasteiger partial charge in [0, 0.05) is 0 Å². The summed E-state index contributed by atoms with van der Waals surface area (Å²) in [6.45, 7) is 0.683. The number of ether oxygens (including phenoxy) is 2. The zero-order valence-corrected chi connectivity index (χ0v) is 17.3. The molecule has 1 aromatic heterocycles. The number of thioether (sulfide) groups is 1. The van der Waals surface area contributed by atoms with Crippen molar-refractivity contribution >= 4 is 22.8 Å². The molecule has 3 rings (SSSR count). The number of alkyl halides is 3. The first kappa shape index (κ1) is 22.1. The Bertz CT molecular complexity index is 1110. The topological polar surface area (TPSA) is 45.4 Å². The van der Waals surface area contributed by atoms with Crippen LogP contribution in [0.15, 0.2) is 41.2 Å². The average Bonchev–Trinajstić information content (AvgIpc) is 2.93. The van der Waals surface area contributed by atoms with Gasteiger partial charge >= 0.3 is 11.9 Å². The summed E-state index contributed by atoms with van der Waals surface area (Å²) in [4.78, 5) is 13.0. The van der Waals surface area contributed by atoms with Gasteiger partial charge in [-0.3, -0.25) is 9.13 Å². The van der Waals surface area contributed by atoms with Gasteiger partial charge in [0.15, 0.2) is 11.5 Å². The molecule has 162 valence electrons. The van der Waals surface area contributed by atoms with E-state index in [2.05, 4.69) is 0 Å². The van der Waals surface area contributed by atoms with Gasteiger partial charge in [0.25, 0.3) is 0 Å². The number of methoxy groups -OCH3 is 1. The number of hydrogen-bond acceptors (Lipinski definition) is 4. The first-order valence-electron chi connectivity index (χ1n) is 9.00. The predicted octanol–water partition coefficient (Wildman–Crippen LogP) is 4.82. The van der Waals surface area contributed by atoms with Crippen LogP contribution in [0.4, 0.5) is 17.6 Å². The van der Waals surface area contributed by atoms with Gasteiger partial charge in [0.2, 0.25) is 0 Å². The standard InChI is InChI=1S/C20H20F4N2O3S/c1-4-29-17-9-12(5-8-16(17)28-2)18(30-3)26-14-7-6-13(21)10-15(14)25(19(26)27)11-20(22,23)24/h5-10,18H,4,11H2,1-3H3. The zero-order chi connectivity index (χ0) is 22.1. The Morgan fingerprint density at radius 3 is 2.43 bits per heavy atom. The molecule has 3 aromatic rings. The summed E-state index contributed by atoms with van der Waals surface area (Å²) in [6, 6.07) is 8.44. The minimum absolute atomic E-state index is 0.116. The molecular weight excluding hydrogens is 424 g/mol. The van der Waals surface area contributed by atoms with Gasteiger partial charge in [-0.25, -0.2) is 9.18 Å². The maximum absolute atomic E-state index is 13.8. The van der Waals surface area contributed by atoms with Crippen molar-refractivity contribution in [3.05, 3.63) is 58.3 Å². The molecule has 0 amide bonds. The van der Waals surface area contributed by atoms with Gasteiger partial charge in [-0.2, -0.15) is 13.2 Å². The molecule has 30 heavy (non-hydrogen) atoms. The third-order valence-corrected chi connectivity index (χ3v) is 5.42. The Hall–Kier alpha value is -2.62. The van der Waals surface area contributed by atoms with Crippen molar-refractivity contribution in [2.75, 3.05) is 20.0 Å². The van der Waals surface area contributed by atoms with Gasteiger partial charge in [-0.1, -0.05) is 6.07 Å². The Morgan fingerprint density at radius 1 is 1.10 bits per heavy atom. The average molecular weight is 444 g/mol. The maximum atomic E-state index is 13.8. The van der Waals surface area contributed by atoms with Crippen molar-refractivity contribution in [3.63, 3.8) is 0 Å². The Morgan fingerprint density at radius 2 is 1.83 bits per heavy atom. The molecule has 0 aliphatic rings. The lowest BCUT2D eigenvalue weighted by atomic mass is 10.2. The van der Waals surface area contributed by atoms with E-state index in [1.807, 2.05) is 6.92 Å². The van der Waals surface area contributed by atoms with Crippen LogP contribution in [-0.2, 0) is 6.54 Å². The van der Waals surface area contributed by atoms with E-state index < -0.39 is 29.6 Å². The Labute approximate surface area is 174 Å². The summed E-state index contributed by atoms with van der Waals surface area (Å²) in [5.41, 5.74) is -0.154. The van der Waals surface area contributed by atoms with Crippen LogP contribution in [0.1, 0.15) is 17.9 Å². The number of rotatable bonds is 7. The van der Waals surface area contributed by atoms with Crippen molar-refractivity contribution in [2.45, 2.75) is 25.0 Å². The smallest absolute Gasteiger partial charge is 0.406 e. The molecule has 0 N–H and O–H groups in total. The minimum atomic E-state index is -4.63. The molecule has 5 nitrogen and oxygen atoms in total. The lowest BCUT2D eigenvalue weighted by Crippen LogP contribution is -2.31. The highest BCUT2D eigenvalue weighted by molar-refractivity contribution is 7.98. The fourth-order valence-corrected chi connectivity index (χ4v) is 4.15. The zero-order valence-electron chi connectivity index (χ0n) is 16.5. The normalized spacial score (nSPS) is 12.9. The van der Waals surface area contributed by atoms with Gasteiger partial charge in [0.05, 0.1) is 24.8 Å². The molecule has 2 aromatic carbocycles. The van der Waals surface area contributed by atoms with Crippen molar-refractivity contribution in [2.24, 2.45) is 0 Å². The number of benzene rings is 2. The molecule has 0 spiro atoms. The minimum Gasteiger partial charge on any atom is -0.493 e. The van der Waals surface area contributed by atoms with E-state index in [1.165, 1.54) is 29.5 Å². The van der Waals surface area contributed by atoms with Crippen LogP contribution in [0.2, 0.25) is 0 Å². The molecule has 0 bridgehead atoms. The van der Waals surface area contributed by atoms with Crippen LogP contribution in [-0.4, -0.2) is 35.3 Å². The van der Waals surface area contributed by atoms with Crippen LogP contribution in [0.25, 0.3) is 11.0 Å². The Balaban J connectivity index is 2.23. The quantitative estimate of drug-likeness (QED) is 0.490. The fourth-order valence-electron chi connectivity index (χ4n) is 3.32. The van der Waals surface area contributed by atoms with E-state index in [0.717, 1.165) is 12.1 Å². The summed E-state index contributed by atoms with van der Waals surface area (Å²) in [5.74, 6) is 0.225. The molecule has 1 unspecified atom stereocenters. The summed E-state index contributed by atoms with van der Waals surface area (Å²) in [6.07, 6.45) is -2.90. The second kappa shape index (κ2) is 8.63. The lowest BCUT2D eigenvalue weighted by Gasteiger charge is -2.19. The van der Waals surface area contributed by atoms with Crippen LogP contribution < -0.4 is 15.2 Å². The highest BCUT2D eigenvalue weighted by Gasteiger charge is 2.32. The fraction of sp³-hybridized carbons (Fsp3) is 0.350. The number of aromatic nitrogens is 2. The third-order valence-electron chi connectivity index (χ3n) is 4.49. The summed E-state index contributed by atoms with van der Waals surface area (Å²) in [7, 11) is 1.49. The monoisotopic (exact) mass is 444 g/mol. The number of imidazole rings is 1. The predicted molar refractivity (Wildman–Crippen MR) is 108 cm³/mol. The summed E-state index contributed by atoms with van der Waals surface area (Å²) < 4.78 is 65.7. The number of halogens is 4. The van der Waals surface area contributed by atoms with E-state index in [1.54, 1.807) is 24.5 Å². The second-order valence-corrected chi connectivity index (χ2v) is 7.34. The van der Waals surface area contributed by atoms with Crippen molar-refractivity contribution < 1.29 is 27.0 Å². The first-order valence-corrected chi connectivity index (χ1v) is 10.3. The van der Waals surface area contributed by atoms with E-state index in [0.29, 0.717) is 28.2 Å². The Kier molecular flexibility index (Phi) is 6.35. The van der Waals surface area contributed by atoms with Crippen molar-refractivity contribution in [1.29, 1.82) is 0 Å². The van der Waals surface area contributed by atoms with Crippen LogP contribution in [0.3, 0.4) is 0 Å². The summed E-state index contributed by atoms with van der Waals surface area (Å²) in [5, 5.41) is -0.662. The molecule has 0 aliphatic heterocycles. The van der Waals surface area contributed by atoms with E-state index in [4.69, 9.17) is 9.47 Å². The molecule has 0 saturated carbocycles. The van der Waals surface area contributed by atoms with Crippen LogP contribution in [0, 0.1) is 5.82 Å². The number of fused-ring (bicyclic) bond motifs is 1. The lowest BCUT2D eigenvalue weighted by molar-refractivity contribution is -0.140. The van der Waals surface area contributed by atoms with Gasteiger partial charge in [-0.05, 0) is 49.1 Å². The molecule has 0 fully saturated rings. The highest BCUT2D eigenvalue weighted by atomic mass is 32.2. The third kappa shape index (κ3) is 4.28. The molecule has 0 aliphatic carbocycles. The molecule has 1 heterocycles. The molecule has 10 heteroatoms. The van der Waals surface area contributed by atoms with E-state index in [9.17, 15) is 22.4 Å². The van der Waals surface area contributed by atoms with Gasteiger partial charge < -0.3 is 9.47 Å². The molecular formula is C20H20F4N2O3S. The van der Waals surface area contributed by atoms with Crippen LogP contribution in [0.5, 0.6) is 11.5 Å². The molecule has 0 radical (unpaired) electrons. The molecule has 1 atom stereocenters. The number of hydrogen-bond donors (Lipinski definition) is 0. The highest BCUT2D eigenvalue weighted by Crippen LogP contribution is 2.36. The summed E-state index contributed by atoms with van der Waals surface area (Å²) >= 11 is 1.26. The second-order valence-electron chi connectivity index (χ2n) is 6.42. The van der Waals surface area contributed by atoms with Crippen molar-refractivity contribution in [3.8, 4) is 11.5 Å². The van der Waals surface area contributed by atoms with Crippen LogP contribution >= 0.6 is 11.8 Å². The van der Waals surface area contributed by atoms with Gasteiger partial charge in [-0.15, -0.1) is 11.8 Å². The van der Waals surface area contributed by atoms with Gasteiger partial charge in [0.1, 0.15) is 17.7 Å². The first-order chi connectivity index (χ1) is 14.2. The van der Waals surface area contributed by atoms with E-state index >= 15 is 0 Å². The molecule has 0 saturated heterocycles. The van der Waals surface area contributed by atoms with Crippen molar-refractivity contribution in [1.82, 2.24) is 9.13 Å². The number of nitrogens with zero attached hydrogens (tertiary/aromatic N) is 2. The maximum Gasteiger partial charge on any atom is 0.406 e. The SMILES string of the molecule is CCOc1cc(C(SC)n2c(=O)n(CC(F)(F)F)c3cc(F)ccc32)ccc1OC. The largest absolute Gasteiger partial charge is 0.493 e. The van der Waals surface area contributed by atoms with E-state index in [-0.39, 0.29) is 11.0 Å².